The van der Waals surface area contributed by atoms with Crippen molar-refractivity contribution in [3.05, 3.63) is 60.0 Å². The molecule has 0 bridgehead atoms. The molecule has 0 aliphatic heterocycles. The second kappa shape index (κ2) is 7.03. The van der Waals surface area contributed by atoms with Gasteiger partial charge in [0.15, 0.2) is 17.6 Å². The molecule has 136 valence electrons. The van der Waals surface area contributed by atoms with Crippen molar-refractivity contribution in [3.63, 3.8) is 0 Å². The molecule has 0 saturated carbocycles. The maximum atomic E-state index is 12.8. The van der Waals surface area contributed by atoms with Crippen LogP contribution < -0.4 is 10.1 Å². The Balaban J connectivity index is 1.68. The quantitative estimate of drug-likeness (QED) is 0.756. The number of ether oxygens (including phenoxy) is 1. The van der Waals surface area contributed by atoms with E-state index in [2.05, 4.69) is 15.5 Å². The van der Waals surface area contributed by atoms with Crippen LogP contribution in [0.1, 0.15) is 18.3 Å². The first kappa shape index (κ1) is 17.7. The number of nitrogens with one attached hydrogen (secondary N) is 1. The van der Waals surface area contributed by atoms with Gasteiger partial charge >= 0.3 is 6.18 Å². The molecule has 1 amide bonds. The number of benzene rings is 1. The zero-order valence-corrected chi connectivity index (χ0v) is 13.7. The highest BCUT2D eigenvalue weighted by Gasteiger charge is 2.31. The number of hydrogen-bond donors (Lipinski definition) is 1. The Morgan fingerprint density at radius 3 is 2.62 bits per heavy atom. The molecule has 1 aromatic carbocycles. The molecule has 0 aliphatic carbocycles. The van der Waals surface area contributed by atoms with Crippen LogP contribution in [0, 0.1) is 0 Å². The molecule has 0 spiro atoms. The van der Waals surface area contributed by atoms with Gasteiger partial charge in [0.1, 0.15) is 5.75 Å². The van der Waals surface area contributed by atoms with E-state index < -0.39 is 23.8 Å². The van der Waals surface area contributed by atoms with Crippen molar-refractivity contribution in [2.75, 3.05) is 0 Å². The minimum Gasteiger partial charge on any atom is -0.481 e. The number of pyridine rings is 1. The molecule has 0 fully saturated rings. The van der Waals surface area contributed by atoms with Crippen LogP contribution in [0.4, 0.5) is 13.2 Å². The summed E-state index contributed by atoms with van der Waals surface area (Å²) in [5.74, 6) is 0.307. The monoisotopic (exact) mass is 364 g/mol. The van der Waals surface area contributed by atoms with Crippen LogP contribution in [0.5, 0.6) is 5.75 Å². The van der Waals surface area contributed by atoms with E-state index in [9.17, 15) is 18.0 Å². The highest BCUT2D eigenvalue weighted by Crippen LogP contribution is 2.29. The van der Waals surface area contributed by atoms with Crippen LogP contribution in [0.2, 0.25) is 0 Å². The first-order valence-electron chi connectivity index (χ1n) is 7.75. The van der Waals surface area contributed by atoms with Crippen molar-refractivity contribution in [1.82, 2.24) is 19.9 Å². The number of aromatic nitrogens is 3. The first-order valence-corrected chi connectivity index (χ1v) is 7.75. The number of amides is 1. The number of halogens is 3. The number of alkyl halides is 3. The molecule has 0 aliphatic rings. The Morgan fingerprint density at radius 2 is 1.92 bits per heavy atom. The highest BCUT2D eigenvalue weighted by molar-refractivity contribution is 5.80. The first-order chi connectivity index (χ1) is 12.3. The number of hydrogen-bond acceptors (Lipinski definition) is 4. The third kappa shape index (κ3) is 3.93. The van der Waals surface area contributed by atoms with E-state index in [4.69, 9.17) is 4.74 Å². The Bertz CT molecular complexity index is 909. The topological polar surface area (TPSA) is 68.5 Å². The van der Waals surface area contributed by atoms with E-state index in [0.717, 1.165) is 12.3 Å². The number of fused-ring (bicyclic) bond motifs is 1. The summed E-state index contributed by atoms with van der Waals surface area (Å²) >= 11 is 0. The van der Waals surface area contributed by atoms with Gasteiger partial charge in [-0.1, -0.05) is 18.2 Å². The normalized spacial score (nSPS) is 12.8. The average Bonchev–Trinajstić information content (AvgIpc) is 3.02. The molecule has 2 heterocycles. The van der Waals surface area contributed by atoms with Gasteiger partial charge in [-0.3, -0.25) is 9.20 Å². The van der Waals surface area contributed by atoms with Gasteiger partial charge < -0.3 is 10.1 Å². The molecule has 0 saturated heterocycles. The standard InChI is InChI=1S/C17H15F3N4O2/c1-11(26-13-5-3-2-4-6-13)16(25)21-9-15-23-22-14-8-7-12(10-24(14)15)17(18,19)20/h2-8,10-11H,9H2,1H3,(H,21,25). The maximum Gasteiger partial charge on any atom is 0.417 e. The summed E-state index contributed by atoms with van der Waals surface area (Å²) in [5, 5.41) is 10.2. The second-order valence-electron chi connectivity index (χ2n) is 5.55. The Hall–Kier alpha value is -3.10. The van der Waals surface area contributed by atoms with E-state index in [1.165, 1.54) is 10.5 Å². The zero-order chi connectivity index (χ0) is 18.7. The fraction of sp³-hybridized carbons (Fsp3) is 0.235. The Labute approximate surface area is 146 Å². The SMILES string of the molecule is CC(Oc1ccccc1)C(=O)NCc1nnc2ccc(C(F)(F)F)cn12. The molecule has 0 radical (unpaired) electrons. The van der Waals surface area contributed by atoms with Gasteiger partial charge in [-0.2, -0.15) is 13.2 Å². The number of nitrogens with zero attached hydrogens (tertiary/aromatic N) is 3. The molecule has 1 unspecified atom stereocenters. The molecule has 6 nitrogen and oxygen atoms in total. The minimum absolute atomic E-state index is 0.0796. The van der Waals surface area contributed by atoms with Crippen molar-refractivity contribution < 1.29 is 22.7 Å². The zero-order valence-electron chi connectivity index (χ0n) is 13.7. The van der Waals surface area contributed by atoms with Crippen LogP contribution in [-0.4, -0.2) is 26.6 Å². The summed E-state index contributed by atoms with van der Waals surface area (Å²) in [7, 11) is 0. The van der Waals surface area contributed by atoms with Crippen LogP contribution in [-0.2, 0) is 17.5 Å². The molecule has 1 N–H and O–H groups in total. The summed E-state index contributed by atoms with van der Waals surface area (Å²) in [5.41, 5.74) is -0.561. The predicted octanol–water partition coefficient (Wildman–Crippen LogP) is 2.83. The maximum absolute atomic E-state index is 12.8. The molecule has 1 atom stereocenters. The van der Waals surface area contributed by atoms with E-state index in [1.54, 1.807) is 31.2 Å². The lowest BCUT2D eigenvalue weighted by atomic mass is 10.3. The lowest BCUT2D eigenvalue weighted by Gasteiger charge is -2.14. The molecule has 9 heteroatoms. The number of para-hydroxylation sites is 1. The molecule has 3 rings (SSSR count). The average molecular weight is 364 g/mol. The third-order valence-corrected chi connectivity index (χ3v) is 3.65. The lowest BCUT2D eigenvalue weighted by molar-refractivity contribution is -0.138. The fourth-order valence-corrected chi connectivity index (χ4v) is 2.29. The number of rotatable bonds is 5. The van der Waals surface area contributed by atoms with Crippen molar-refractivity contribution >= 4 is 11.6 Å². The van der Waals surface area contributed by atoms with E-state index in [1.807, 2.05) is 6.07 Å². The van der Waals surface area contributed by atoms with E-state index >= 15 is 0 Å². The predicted molar refractivity (Wildman–Crippen MR) is 86.4 cm³/mol. The fourth-order valence-electron chi connectivity index (χ4n) is 2.29. The van der Waals surface area contributed by atoms with Crippen molar-refractivity contribution in [2.45, 2.75) is 25.7 Å². The Morgan fingerprint density at radius 1 is 1.19 bits per heavy atom. The Kier molecular flexibility index (Phi) is 4.79. The van der Waals surface area contributed by atoms with Crippen molar-refractivity contribution in [3.8, 4) is 5.75 Å². The van der Waals surface area contributed by atoms with Gasteiger partial charge in [0, 0.05) is 6.20 Å². The van der Waals surface area contributed by atoms with Crippen LogP contribution >= 0.6 is 0 Å². The number of carbonyl (C=O) groups excluding carboxylic acids is 1. The molecule has 3 aromatic rings. The van der Waals surface area contributed by atoms with Gasteiger partial charge in [-0.05, 0) is 31.2 Å². The smallest absolute Gasteiger partial charge is 0.417 e. The van der Waals surface area contributed by atoms with Gasteiger partial charge in [0.05, 0.1) is 12.1 Å². The largest absolute Gasteiger partial charge is 0.481 e. The molecular weight excluding hydrogens is 349 g/mol. The van der Waals surface area contributed by atoms with Gasteiger partial charge in [0.25, 0.3) is 5.91 Å². The molecular formula is C17H15F3N4O2. The summed E-state index contributed by atoms with van der Waals surface area (Å²) in [6.07, 6.45) is -4.35. The molecule has 26 heavy (non-hydrogen) atoms. The summed E-state index contributed by atoms with van der Waals surface area (Å²) in [6, 6.07) is 11.0. The van der Waals surface area contributed by atoms with E-state index in [-0.39, 0.29) is 18.0 Å². The van der Waals surface area contributed by atoms with Crippen LogP contribution in [0.3, 0.4) is 0 Å². The summed E-state index contributed by atoms with van der Waals surface area (Å²) in [4.78, 5) is 12.1. The second-order valence-corrected chi connectivity index (χ2v) is 5.55. The van der Waals surface area contributed by atoms with Crippen LogP contribution in [0.15, 0.2) is 48.7 Å². The highest BCUT2D eigenvalue weighted by atomic mass is 19.4. The molecule has 2 aromatic heterocycles. The van der Waals surface area contributed by atoms with Crippen LogP contribution in [0.25, 0.3) is 5.65 Å². The van der Waals surface area contributed by atoms with Gasteiger partial charge in [-0.25, -0.2) is 0 Å². The number of carbonyl (C=O) groups is 1. The summed E-state index contributed by atoms with van der Waals surface area (Å²) in [6.45, 7) is 1.50. The van der Waals surface area contributed by atoms with Crippen molar-refractivity contribution in [1.29, 1.82) is 0 Å². The lowest BCUT2D eigenvalue weighted by Crippen LogP contribution is -2.36. The third-order valence-electron chi connectivity index (χ3n) is 3.65. The van der Waals surface area contributed by atoms with Gasteiger partial charge in [0.2, 0.25) is 0 Å². The van der Waals surface area contributed by atoms with E-state index in [0.29, 0.717) is 5.75 Å². The van der Waals surface area contributed by atoms with Gasteiger partial charge in [-0.15, -0.1) is 10.2 Å². The minimum atomic E-state index is -4.48. The summed E-state index contributed by atoms with van der Waals surface area (Å²) < 4.78 is 45.2. The van der Waals surface area contributed by atoms with Crippen molar-refractivity contribution in [2.24, 2.45) is 0 Å².